The summed E-state index contributed by atoms with van der Waals surface area (Å²) in [4.78, 5) is 23.0. The summed E-state index contributed by atoms with van der Waals surface area (Å²) in [5.41, 5.74) is 2.31. The van der Waals surface area contributed by atoms with E-state index >= 15 is 0 Å². The summed E-state index contributed by atoms with van der Waals surface area (Å²) in [6, 6.07) is 1.94. The number of aromatic nitrogens is 4. The minimum Gasteiger partial charge on any atom is -0.342 e. The molecule has 2 aromatic heterocycles. The lowest BCUT2D eigenvalue weighted by Gasteiger charge is -2.32. The van der Waals surface area contributed by atoms with E-state index in [1.165, 1.54) is 0 Å². The van der Waals surface area contributed by atoms with Crippen LogP contribution in [0.1, 0.15) is 41.7 Å². The van der Waals surface area contributed by atoms with Gasteiger partial charge in [0.15, 0.2) is 0 Å². The van der Waals surface area contributed by atoms with Crippen LogP contribution in [0.15, 0.2) is 16.9 Å². The van der Waals surface area contributed by atoms with Gasteiger partial charge in [0.05, 0.1) is 6.42 Å². The van der Waals surface area contributed by atoms with Crippen LogP contribution in [0, 0.1) is 13.8 Å². The first kappa shape index (κ1) is 14.6. The number of carbonyl (C=O) groups is 1. The fourth-order valence-corrected chi connectivity index (χ4v) is 2.81. The van der Waals surface area contributed by atoms with E-state index in [1.54, 1.807) is 13.1 Å². The van der Waals surface area contributed by atoms with Gasteiger partial charge in [-0.15, -0.1) is 0 Å². The monoisotopic (exact) mass is 301 g/mol. The Bertz CT molecular complexity index is 669. The second-order valence-electron chi connectivity index (χ2n) is 5.68. The van der Waals surface area contributed by atoms with Crippen LogP contribution in [0.4, 0.5) is 0 Å². The molecule has 116 valence electrons. The highest BCUT2D eigenvalue weighted by molar-refractivity contribution is 5.78. The standard InChI is InChI=1S/C15H19N5O2/c1-10-14(19-22-18-10)8-15(21)20-7-3-4-12(9-20)13-5-6-16-11(2)17-13/h5-6,12H,3-4,7-9H2,1-2H3/t12-/m0/s1. The van der Waals surface area contributed by atoms with Crippen LogP contribution in [0.3, 0.4) is 0 Å². The summed E-state index contributed by atoms with van der Waals surface area (Å²) >= 11 is 0. The van der Waals surface area contributed by atoms with Crippen molar-refractivity contribution >= 4 is 5.91 Å². The Labute approximate surface area is 128 Å². The highest BCUT2D eigenvalue weighted by Gasteiger charge is 2.26. The van der Waals surface area contributed by atoms with E-state index in [0.717, 1.165) is 30.9 Å². The molecule has 1 aliphatic heterocycles. The van der Waals surface area contributed by atoms with E-state index in [9.17, 15) is 4.79 Å². The third-order valence-corrected chi connectivity index (χ3v) is 4.06. The molecule has 0 N–H and O–H groups in total. The topological polar surface area (TPSA) is 85.0 Å². The van der Waals surface area contributed by atoms with Crippen LogP contribution in [0.5, 0.6) is 0 Å². The normalized spacial score (nSPS) is 18.5. The zero-order chi connectivity index (χ0) is 15.5. The quantitative estimate of drug-likeness (QED) is 0.852. The average molecular weight is 301 g/mol. The van der Waals surface area contributed by atoms with Crippen molar-refractivity contribution in [3.63, 3.8) is 0 Å². The number of rotatable bonds is 3. The van der Waals surface area contributed by atoms with Gasteiger partial charge < -0.3 is 4.90 Å². The number of nitrogens with zero attached hydrogens (tertiary/aromatic N) is 5. The summed E-state index contributed by atoms with van der Waals surface area (Å²) in [6.45, 7) is 5.15. The average Bonchev–Trinajstić information content (AvgIpc) is 2.92. The molecule has 1 aliphatic rings. The number of amides is 1. The summed E-state index contributed by atoms with van der Waals surface area (Å²) in [7, 11) is 0. The third-order valence-electron chi connectivity index (χ3n) is 4.06. The minimum atomic E-state index is 0.0641. The number of piperidine rings is 1. The zero-order valence-corrected chi connectivity index (χ0v) is 12.8. The molecular weight excluding hydrogens is 282 g/mol. The van der Waals surface area contributed by atoms with Crippen LogP contribution >= 0.6 is 0 Å². The molecule has 0 bridgehead atoms. The van der Waals surface area contributed by atoms with Gasteiger partial charge in [-0.3, -0.25) is 4.79 Å². The van der Waals surface area contributed by atoms with Gasteiger partial charge in [0, 0.05) is 30.9 Å². The van der Waals surface area contributed by atoms with E-state index < -0.39 is 0 Å². The van der Waals surface area contributed by atoms with Gasteiger partial charge in [-0.1, -0.05) is 10.3 Å². The maximum atomic E-state index is 12.4. The van der Waals surface area contributed by atoms with Crippen LogP contribution < -0.4 is 0 Å². The summed E-state index contributed by atoms with van der Waals surface area (Å²) in [6.07, 6.45) is 4.05. The van der Waals surface area contributed by atoms with E-state index in [2.05, 4.69) is 24.9 Å². The lowest BCUT2D eigenvalue weighted by atomic mass is 9.94. The molecule has 0 aromatic carbocycles. The molecular formula is C15H19N5O2. The maximum Gasteiger partial charge on any atom is 0.228 e. The van der Waals surface area contributed by atoms with Gasteiger partial charge in [-0.2, -0.15) is 0 Å². The molecule has 1 amide bonds. The van der Waals surface area contributed by atoms with Crippen molar-refractivity contribution < 1.29 is 9.42 Å². The third kappa shape index (κ3) is 3.13. The van der Waals surface area contributed by atoms with Crippen LogP contribution in [-0.4, -0.2) is 44.2 Å². The van der Waals surface area contributed by atoms with Gasteiger partial charge >= 0.3 is 0 Å². The Hall–Kier alpha value is -2.31. The predicted molar refractivity (Wildman–Crippen MR) is 78.1 cm³/mol. The Kier molecular flexibility index (Phi) is 4.13. The first-order valence-electron chi connectivity index (χ1n) is 7.49. The molecule has 7 heteroatoms. The molecule has 0 aliphatic carbocycles. The Balaban J connectivity index is 1.67. The van der Waals surface area contributed by atoms with Gasteiger partial charge in [0.25, 0.3) is 0 Å². The number of hydrogen-bond donors (Lipinski definition) is 0. The van der Waals surface area contributed by atoms with Crippen molar-refractivity contribution in [3.8, 4) is 0 Å². The maximum absolute atomic E-state index is 12.4. The van der Waals surface area contributed by atoms with Gasteiger partial charge in [0.2, 0.25) is 5.91 Å². The Morgan fingerprint density at radius 2 is 2.27 bits per heavy atom. The molecule has 3 heterocycles. The molecule has 0 radical (unpaired) electrons. The number of hydrogen-bond acceptors (Lipinski definition) is 6. The van der Waals surface area contributed by atoms with Crippen molar-refractivity contribution in [2.75, 3.05) is 13.1 Å². The van der Waals surface area contributed by atoms with E-state index in [-0.39, 0.29) is 18.2 Å². The zero-order valence-electron chi connectivity index (χ0n) is 12.8. The predicted octanol–water partition coefficient (Wildman–Crippen LogP) is 1.43. The second-order valence-corrected chi connectivity index (χ2v) is 5.68. The first-order valence-corrected chi connectivity index (χ1v) is 7.49. The molecule has 22 heavy (non-hydrogen) atoms. The summed E-state index contributed by atoms with van der Waals surface area (Å²) < 4.78 is 4.65. The molecule has 0 saturated carbocycles. The molecule has 0 spiro atoms. The van der Waals surface area contributed by atoms with Crippen LogP contribution in [-0.2, 0) is 11.2 Å². The van der Waals surface area contributed by atoms with E-state index in [0.29, 0.717) is 17.9 Å². The van der Waals surface area contributed by atoms with Crippen molar-refractivity contribution in [1.29, 1.82) is 0 Å². The van der Waals surface area contributed by atoms with E-state index in [4.69, 9.17) is 0 Å². The largest absolute Gasteiger partial charge is 0.342 e. The van der Waals surface area contributed by atoms with Crippen molar-refractivity contribution in [3.05, 3.63) is 35.2 Å². The molecule has 7 nitrogen and oxygen atoms in total. The Morgan fingerprint density at radius 3 is 3.00 bits per heavy atom. The van der Waals surface area contributed by atoms with Crippen LogP contribution in [0.25, 0.3) is 0 Å². The number of carbonyl (C=O) groups excluding carboxylic acids is 1. The van der Waals surface area contributed by atoms with Crippen molar-refractivity contribution in [2.24, 2.45) is 0 Å². The van der Waals surface area contributed by atoms with Gasteiger partial charge in [-0.05, 0) is 32.8 Å². The molecule has 0 unspecified atom stereocenters. The lowest BCUT2D eigenvalue weighted by Crippen LogP contribution is -2.40. The molecule has 1 fully saturated rings. The molecule has 1 atom stereocenters. The molecule has 3 rings (SSSR count). The second kappa shape index (κ2) is 6.21. The summed E-state index contributed by atoms with van der Waals surface area (Å²) in [5, 5.41) is 7.50. The highest BCUT2D eigenvalue weighted by atomic mass is 16.6. The molecule has 1 saturated heterocycles. The van der Waals surface area contributed by atoms with Crippen LogP contribution in [0.2, 0.25) is 0 Å². The van der Waals surface area contributed by atoms with Crippen molar-refractivity contribution in [1.82, 2.24) is 25.2 Å². The molecule has 2 aromatic rings. The SMILES string of the molecule is Cc1nccc([C@H]2CCCN(C(=O)Cc3nonc3C)C2)n1. The lowest BCUT2D eigenvalue weighted by molar-refractivity contribution is -0.131. The fourth-order valence-electron chi connectivity index (χ4n) is 2.81. The number of likely N-dealkylation sites (tertiary alicyclic amines) is 1. The van der Waals surface area contributed by atoms with E-state index in [1.807, 2.05) is 17.9 Å². The van der Waals surface area contributed by atoms with Crippen molar-refractivity contribution in [2.45, 2.75) is 39.0 Å². The minimum absolute atomic E-state index is 0.0641. The van der Waals surface area contributed by atoms with Gasteiger partial charge in [0.1, 0.15) is 17.2 Å². The first-order chi connectivity index (χ1) is 10.6. The Morgan fingerprint density at radius 1 is 1.41 bits per heavy atom. The smallest absolute Gasteiger partial charge is 0.228 e. The van der Waals surface area contributed by atoms with Gasteiger partial charge in [-0.25, -0.2) is 14.6 Å². The number of aryl methyl sites for hydroxylation is 2. The highest BCUT2D eigenvalue weighted by Crippen LogP contribution is 2.25. The fraction of sp³-hybridized carbons (Fsp3) is 0.533. The summed E-state index contributed by atoms with van der Waals surface area (Å²) in [5.74, 6) is 1.11.